The average molecular weight is 526 g/mol. The fourth-order valence-electron chi connectivity index (χ4n) is 1.25. The number of halogens is 6. The van der Waals surface area contributed by atoms with Crippen LogP contribution in [0.5, 0.6) is 0 Å². The Labute approximate surface area is 126 Å². The molecule has 0 saturated heterocycles. The quantitative estimate of drug-likeness (QED) is 0.522. The standard InChI is InChI=1S/C11H12N2.3ClH.3FH.Os/c1-3-7-12(8-4-1)11-13-9-5-2-6-10-13;;;;;;;/h1-10H,11H2;6*1H;/q+2;;;;;;;+4/p-6. The van der Waals surface area contributed by atoms with E-state index >= 15 is 0 Å². The summed E-state index contributed by atoms with van der Waals surface area (Å²) in [6.45, 7) is 0.863. The third-order valence-electron chi connectivity index (χ3n) is 1.88. The van der Waals surface area contributed by atoms with Crippen molar-refractivity contribution in [2.75, 3.05) is 0 Å². The molecular weight excluding hydrogens is 514 g/mol. The van der Waals surface area contributed by atoms with Crippen molar-refractivity contribution in [1.29, 1.82) is 0 Å². The van der Waals surface area contributed by atoms with Crippen LogP contribution in [0.4, 0.5) is 9.86 Å². The fourth-order valence-corrected chi connectivity index (χ4v) is 1.25. The molecular formula is C11H12Cl3F3N2Os. The first-order valence-electron chi connectivity index (χ1n) is 5.13. The number of rotatable bonds is 2. The smallest absolute Gasteiger partial charge is 0.147 e. The molecule has 0 aliphatic carbocycles. The molecule has 0 atom stereocenters. The van der Waals surface area contributed by atoms with Crippen molar-refractivity contribution < 1.29 is 30.1 Å². The number of pyridine rings is 2. The maximum atomic E-state index is 11.2. The molecule has 0 aliphatic rings. The summed E-state index contributed by atoms with van der Waals surface area (Å²) in [6, 6.07) is 12.2. The van der Waals surface area contributed by atoms with E-state index in [1.807, 2.05) is 36.4 Å². The Morgan fingerprint density at radius 2 is 0.900 bits per heavy atom. The van der Waals surface area contributed by atoms with E-state index in [0.29, 0.717) is 0 Å². The van der Waals surface area contributed by atoms with Crippen molar-refractivity contribution in [3.05, 3.63) is 61.2 Å². The number of aromatic nitrogens is 2. The van der Waals surface area contributed by atoms with Crippen LogP contribution in [-0.2, 0) is 17.8 Å². The fraction of sp³-hybridized carbons (Fsp3) is 0.0909. The molecule has 0 aliphatic heterocycles. The van der Waals surface area contributed by atoms with Gasteiger partial charge in [-0.3, -0.25) is 0 Å². The topological polar surface area (TPSA) is 7.76 Å². The second-order valence-corrected chi connectivity index (χ2v) is 26.5. The van der Waals surface area contributed by atoms with Gasteiger partial charge >= 0.3 is 56.6 Å². The van der Waals surface area contributed by atoms with E-state index in [4.69, 9.17) is 0 Å². The van der Waals surface area contributed by atoms with E-state index in [1.54, 1.807) is 0 Å². The van der Waals surface area contributed by atoms with Gasteiger partial charge in [-0.05, 0) is 0 Å². The Morgan fingerprint density at radius 3 is 1.15 bits per heavy atom. The van der Waals surface area contributed by atoms with Gasteiger partial charge in [-0.2, -0.15) is 0 Å². The van der Waals surface area contributed by atoms with Gasteiger partial charge in [0, 0.05) is 24.3 Å². The molecule has 2 aromatic rings. The van der Waals surface area contributed by atoms with Gasteiger partial charge in [-0.25, -0.2) is 0 Å². The Hall–Kier alpha value is -0.404. The van der Waals surface area contributed by atoms with Crippen LogP contribution < -0.4 is 9.13 Å². The molecule has 0 aromatic carbocycles. The average Bonchev–Trinajstić information content (AvgIpc) is 2.27. The molecule has 0 amide bonds. The van der Waals surface area contributed by atoms with E-state index in [2.05, 4.69) is 62.8 Å². The number of hydrogen-bond acceptors (Lipinski definition) is 0. The van der Waals surface area contributed by atoms with Crippen LogP contribution in [-0.4, -0.2) is 0 Å². The van der Waals surface area contributed by atoms with Gasteiger partial charge in [0.15, 0.2) is 24.8 Å². The van der Waals surface area contributed by atoms with Gasteiger partial charge in [-0.1, -0.05) is 12.1 Å². The van der Waals surface area contributed by atoms with E-state index in [0.717, 1.165) is 6.67 Å². The first-order chi connectivity index (χ1) is 8.90. The minimum Gasteiger partial charge on any atom is -0.147 e. The van der Waals surface area contributed by atoms with E-state index in [1.165, 1.54) is 0 Å². The van der Waals surface area contributed by atoms with Crippen molar-refractivity contribution in [2.24, 2.45) is 0 Å². The van der Waals surface area contributed by atoms with Crippen molar-refractivity contribution in [3.8, 4) is 0 Å². The molecule has 0 unspecified atom stereocenters. The van der Waals surface area contributed by atoms with Crippen molar-refractivity contribution >= 4 is 28.9 Å². The van der Waals surface area contributed by atoms with E-state index < -0.39 is 11.2 Å². The van der Waals surface area contributed by atoms with Crippen LogP contribution in [0, 0.1) is 0 Å². The zero-order chi connectivity index (χ0) is 15.3. The zero-order valence-corrected chi connectivity index (χ0v) is 14.8. The van der Waals surface area contributed by atoms with Crippen molar-refractivity contribution in [2.45, 2.75) is 6.67 Å². The summed E-state index contributed by atoms with van der Waals surface area (Å²) in [5.74, 6) is 0. The van der Waals surface area contributed by atoms with Crippen LogP contribution in [0.3, 0.4) is 0 Å². The third-order valence-corrected chi connectivity index (χ3v) is 1.88. The largest absolute Gasteiger partial charge is 0.343 e. The molecule has 0 saturated carbocycles. The van der Waals surface area contributed by atoms with Crippen LogP contribution in [0.2, 0.25) is 0 Å². The molecule has 9 heteroatoms. The molecule has 0 N–H and O–H groups in total. The Bertz CT molecular complexity index is 498. The molecule has 2 nitrogen and oxygen atoms in total. The van der Waals surface area contributed by atoms with Crippen LogP contribution >= 0.6 is 28.9 Å². The third kappa shape index (κ3) is 12.6. The minimum absolute atomic E-state index is 0.863. The molecule has 0 spiro atoms. The summed E-state index contributed by atoms with van der Waals surface area (Å²) in [5.41, 5.74) is 0. The maximum absolute atomic E-state index is 11.2. The van der Waals surface area contributed by atoms with Crippen LogP contribution in [0.15, 0.2) is 61.2 Å². The summed E-state index contributed by atoms with van der Waals surface area (Å²) in [7, 11) is 11.3. The van der Waals surface area contributed by atoms with Crippen molar-refractivity contribution in [1.82, 2.24) is 0 Å². The minimum atomic E-state index is -8.30. The van der Waals surface area contributed by atoms with E-state index in [9.17, 15) is 9.86 Å². The summed E-state index contributed by atoms with van der Waals surface area (Å²) in [6.07, 6.45) is 8.22. The number of hydrogen-bond donors (Lipinski definition) is 0. The first kappa shape index (κ1) is 17.6. The molecule has 2 aromatic heterocycles. The molecule has 20 heavy (non-hydrogen) atoms. The summed E-state index contributed by atoms with van der Waals surface area (Å²) < 4.78 is 37.9. The molecule has 0 bridgehead atoms. The van der Waals surface area contributed by atoms with Crippen molar-refractivity contribution in [3.63, 3.8) is 0 Å². The van der Waals surface area contributed by atoms with Gasteiger partial charge in [-0.15, -0.1) is 9.13 Å². The molecule has 2 rings (SSSR count). The van der Waals surface area contributed by atoms with Gasteiger partial charge < -0.3 is 0 Å². The molecule has 2 heterocycles. The first-order valence-corrected chi connectivity index (χ1v) is 17.5. The maximum Gasteiger partial charge on any atom is 0.343 e. The predicted octanol–water partition coefficient (Wildman–Crippen LogP) is 4.09. The second-order valence-electron chi connectivity index (χ2n) is 3.68. The summed E-state index contributed by atoms with van der Waals surface area (Å²) in [5, 5.41) is 0. The number of nitrogens with zero attached hydrogens (tertiary/aromatic N) is 2. The molecule has 116 valence electrons. The monoisotopic (exact) mass is 526 g/mol. The Kier molecular flexibility index (Phi) is 5.09. The SMILES string of the molecule is [F][Os-2]([F])([F])([Cl])([Cl])[Cl].c1cc[n+](C[n+]2ccccc2)cc1. The van der Waals surface area contributed by atoms with Gasteiger partial charge in [0.1, 0.15) is 0 Å². The van der Waals surface area contributed by atoms with Gasteiger partial charge in [0.05, 0.1) is 0 Å². The van der Waals surface area contributed by atoms with Crippen LogP contribution in [0.25, 0.3) is 0 Å². The van der Waals surface area contributed by atoms with Crippen LogP contribution in [0.1, 0.15) is 0 Å². The Balaban J connectivity index is 0.000000246. The van der Waals surface area contributed by atoms with E-state index in [-0.39, 0.29) is 0 Å². The second kappa shape index (κ2) is 5.77. The summed E-state index contributed by atoms with van der Waals surface area (Å²) in [4.78, 5) is 0. The normalized spacial score (nSPS) is 14.5. The predicted molar refractivity (Wildman–Crippen MR) is 69.6 cm³/mol. The zero-order valence-electron chi connectivity index (χ0n) is 10.00. The van der Waals surface area contributed by atoms with Gasteiger partial charge in [0.25, 0.3) is 0 Å². The molecule has 0 radical (unpaired) electrons. The Morgan fingerprint density at radius 1 is 0.650 bits per heavy atom. The summed E-state index contributed by atoms with van der Waals surface area (Å²) >= 11 is -8.30. The van der Waals surface area contributed by atoms with Gasteiger partial charge in [0.2, 0.25) is 0 Å². The molecule has 0 fully saturated rings.